The molecule has 0 bridgehead atoms. The minimum atomic E-state index is -0.394. The van der Waals surface area contributed by atoms with E-state index in [9.17, 15) is 10.0 Å². The average molecular weight is 242 g/mol. The third-order valence-electron chi connectivity index (χ3n) is 2.80. The topological polar surface area (TPSA) is 61.8 Å². The van der Waals surface area contributed by atoms with Gasteiger partial charge in [0.2, 0.25) is 0 Å². The van der Waals surface area contributed by atoms with Crippen LogP contribution in [0.3, 0.4) is 0 Å². The largest absolute Gasteiger partial charge is 0.442 e. The molecule has 0 aromatic carbocycles. The maximum Gasteiger partial charge on any atom is 0.407 e. The Morgan fingerprint density at radius 2 is 2.35 bits per heavy atom. The number of carbonyl (C=O) groups excluding carboxylic acids is 1. The summed E-state index contributed by atoms with van der Waals surface area (Å²) in [7, 11) is 1.59. The van der Waals surface area contributed by atoms with Crippen molar-refractivity contribution in [1.82, 2.24) is 10.4 Å². The predicted octanol–water partition coefficient (Wildman–Crippen LogP) is 2.27. The van der Waals surface area contributed by atoms with Crippen LogP contribution in [0.5, 0.6) is 0 Å². The van der Waals surface area contributed by atoms with Gasteiger partial charge in [0.1, 0.15) is 6.10 Å². The number of amides is 1. The highest BCUT2D eigenvalue weighted by Gasteiger charge is 2.16. The number of alkyl carbamates (subject to hydrolysis) is 1. The zero-order chi connectivity index (χ0) is 12.7. The number of allylic oxidation sites excluding steroid dienone is 1. The summed E-state index contributed by atoms with van der Waals surface area (Å²) in [6, 6.07) is 0. The first kappa shape index (κ1) is 13.8. The standard InChI is InChI=1S/C12H22N2O3/c1-3-13-12(15)17-11-8-6-4-5-7-10(9-11)14(2)16/h9,11,16H,3-8H2,1-2H3,(H,13,15)/b10-9+. The van der Waals surface area contributed by atoms with Gasteiger partial charge in [0.05, 0.1) is 0 Å². The third kappa shape index (κ3) is 5.08. The van der Waals surface area contributed by atoms with Gasteiger partial charge in [0.15, 0.2) is 0 Å². The Balaban J connectivity index is 2.62. The molecular formula is C12H22N2O3. The van der Waals surface area contributed by atoms with E-state index < -0.39 is 6.09 Å². The van der Waals surface area contributed by atoms with Gasteiger partial charge in [-0.2, -0.15) is 0 Å². The third-order valence-corrected chi connectivity index (χ3v) is 2.80. The Morgan fingerprint density at radius 1 is 1.59 bits per heavy atom. The molecule has 0 fully saturated rings. The number of ether oxygens (including phenoxy) is 1. The molecule has 0 saturated heterocycles. The minimum absolute atomic E-state index is 0.244. The molecule has 0 radical (unpaired) electrons. The second-order valence-electron chi connectivity index (χ2n) is 4.26. The van der Waals surface area contributed by atoms with E-state index in [1.807, 2.05) is 13.0 Å². The van der Waals surface area contributed by atoms with Gasteiger partial charge in [-0.3, -0.25) is 10.3 Å². The van der Waals surface area contributed by atoms with Gasteiger partial charge in [-0.15, -0.1) is 0 Å². The lowest BCUT2D eigenvalue weighted by atomic mass is 10.0. The van der Waals surface area contributed by atoms with E-state index in [0.717, 1.165) is 42.9 Å². The van der Waals surface area contributed by atoms with Crippen molar-refractivity contribution < 1.29 is 14.7 Å². The number of hydroxylamine groups is 2. The van der Waals surface area contributed by atoms with Crippen molar-refractivity contribution in [3.05, 3.63) is 11.8 Å². The number of hydrogen-bond acceptors (Lipinski definition) is 4. The Morgan fingerprint density at radius 3 is 3.00 bits per heavy atom. The first-order chi connectivity index (χ1) is 8.13. The minimum Gasteiger partial charge on any atom is -0.442 e. The monoisotopic (exact) mass is 242 g/mol. The molecule has 1 unspecified atom stereocenters. The SMILES string of the molecule is CCNC(=O)OC1/C=C(/N(C)O)CCCCC1. The highest BCUT2D eigenvalue weighted by atomic mass is 16.6. The van der Waals surface area contributed by atoms with E-state index >= 15 is 0 Å². The number of carbonyl (C=O) groups is 1. The first-order valence-corrected chi connectivity index (χ1v) is 6.21. The molecule has 0 aromatic heterocycles. The summed E-state index contributed by atoms with van der Waals surface area (Å²) in [6.07, 6.45) is 6.04. The fourth-order valence-corrected chi connectivity index (χ4v) is 1.90. The van der Waals surface area contributed by atoms with Crippen LogP contribution in [0, 0.1) is 0 Å². The van der Waals surface area contributed by atoms with E-state index in [-0.39, 0.29) is 6.10 Å². The lowest BCUT2D eigenvalue weighted by molar-refractivity contribution is -0.0341. The van der Waals surface area contributed by atoms with Crippen LogP contribution in [0.2, 0.25) is 0 Å². The zero-order valence-corrected chi connectivity index (χ0v) is 10.6. The Hall–Kier alpha value is -1.23. The van der Waals surface area contributed by atoms with Crippen LogP contribution in [-0.2, 0) is 4.74 Å². The predicted molar refractivity (Wildman–Crippen MR) is 64.7 cm³/mol. The molecule has 17 heavy (non-hydrogen) atoms. The maximum atomic E-state index is 11.3. The van der Waals surface area contributed by atoms with Crippen molar-refractivity contribution in [3.8, 4) is 0 Å². The Bertz CT molecular complexity index is 277. The highest BCUT2D eigenvalue weighted by Crippen LogP contribution is 2.20. The number of rotatable bonds is 3. The summed E-state index contributed by atoms with van der Waals surface area (Å²) >= 11 is 0. The van der Waals surface area contributed by atoms with Gasteiger partial charge in [0.25, 0.3) is 0 Å². The Labute approximate surface area is 102 Å². The van der Waals surface area contributed by atoms with Crippen LogP contribution >= 0.6 is 0 Å². The van der Waals surface area contributed by atoms with Crippen LogP contribution in [0.4, 0.5) is 4.79 Å². The molecule has 5 heteroatoms. The second-order valence-corrected chi connectivity index (χ2v) is 4.26. The molecule has 0 spiro atoms. The fraction of sp³-hybridized carbons (Fsp3) is 0.750. The van der Waals surface area contributed by atoms with Crippen molar-refractivity contribution in [2.45, 2.75) is 45.1 Å². The molecule has 1 aliphatic carbocycles. The van der Waals surface area contributed by atoms with Crippen molar-refractivity contribution >= 4 is 6.09 Å². The van der Waals surface area contributed by atoms with Gasteiger partial charge in [-0.25, -0.2) is 4.79 Å². The molecule has 0 aliphatic heterocycles. The molecule has 1 rings (SSSR count). The number of hydrogen-bond donors (Lipinski definition) is 2. The van der Waals surface area contributed by atoms with Crippen LogP contribution in [0.25, 0.3) is 0 Å². The summed E-state index contributed by atoms with van der Waals surface area (Å²) in [5.74, 6) is 0. The molecule has 1 amide bonds. The summed E-state index contributed by atoms with van der Waals surface area (Å²) in [4.78, 5) is 11.3. The van der Waals surface area contributed by atoms with Crippen LogP contribution in [0.1, 0.15) is 39.0 Å². The molecule has 1 atom stereocenters. The quantitative estimate of drug-likeness (QED) is 0.745. The molecular weight excluding hydrogens is 220 g/mol. The molecule has 0 heterocycles. The van der Waals surface area contributed by atoms with E-state index in [2.05, 4.69) is 5.32 Å². The van der Waals surface area contributed by atoms with E-state index in [1.165, 1.54) is 0 Å². The van der Waals surface area contributed by atoms with Crippen LogP contribution in [0.15, 0.2) is 11.8 Å². The Kier molecular flexibility index (Phi) is 5.83. The molecule has 2 N–H and O–H groups in total. The van der Waals surface area contributed by atoms with Crippen LogP contribution < -0.4 is 5.32 Å². The van der Waals surface area contributed by atoms with Gasteiger partial charge in [-0.1, -0.05) is 6.42 Å². The van der Waals surface area contributed by atoms with Gasteiger partial charge in [0, 0.05) is 19.3 Å². The molecule has 5 nitrogen and oxygen atoms in total. The van der Waals surface area contributed by atoms with E-state index in [0.29, 0.717) is 6.54 Å². The lowest BCUT2D eigenvalue weighted by Crippen LogP contribution is -2.29. The number of nitrogens with one attached hydrogen (secondary N) is 1. The molecule has 0 aromatic rings. The first-order valence-electron chi connectivity index (χ1n) is 6.21. The van der Waals surface area contributed by atoms with Crippen LogP contribution in [-0.4, -0.2) is 36.1 Å². The van der Waals surface area contributed by atoms with Crippen molar-refractivity contribution in [2.75, 3.05) is 13.6 Å². The highest BCUT2D eigenvalue weighted by molar-refractivity contribution is 5.67. The average Bonchev–Trinajstić information content (AvgIpc) is 2.21. The van der Waals surface area contributed by atoms with E-state index in [4.69, 9.17) is 4.74 Å². The molecule has 98 valence electrons. The fourth-order valence-electron chi connectivity index (χ4n) is 1.90. The van der Waals surface area contributed by atoms with Gasteiger partial charge >= 0.3 is 6.09 Å². The summed E-state index contributed by atoms with van der Waals surface area (Å²) in [6.45, 7) is 2.41. The zero-order valence-electron chi connectivity index (χ0n) is 10.6. The van der Waals surface area contributed by atoms with E-state index in [1.54, 1.807) is 7.05 Å². The summed E-state index contributed by atoms with van der Waals surface area (Å²) in [5, 5.41) is 13.2. The maximum absolute atomic E-state index is 11.3. The smallest absolute Gasteiger partial charge is 0.407 e. The van der Waals surface area contributed by atoms with Crippen molar-refractivity contribution in [3.63, 3.8) is 0 Å². The normalized spacial score (nSPS) is 23.9. The lowest BCUT2D eigenvalue weighted by Gasteiger charge is -2.22. The molecule has 1 aliphatic rings. The second kappa shape index (κ2) is 7.17. The van der Waals surface area contributed by atoms with Crippen molar-refractivity contribution in [2.24, 2.45) is 0 Å². The van der Waals surface area contributed by atoms with Gasteiger partial charge < -0.3 is 10.1 Å². The molecule has 0 saturated carbocycles. The summed E-state index contributed by atoms with van der Waals surface area (Å²) < 4.78 is 5.28. The van der Waals surface area contributed by atoms with Gasteiger partial charge in [-0.05, 0) is 38.7 Å². The summed E-state index contributed by atoms with van der Waals surface area (Å²) in [5.41, 5.74) is 0.819. The number of nitrogens with zero attached hydrogens (tertiary/aromatic N) is 1. The van der Waals surface area contributed by atoms with Crippen molar-refractivity contribution in [1.29, 1.82) is 0 Å².